The monoisotopic (exact) mass is 495 g/mol. The summed E-state index contributed by atoms with van der Waals surface area (Å²) < 4.78 is 5.79. The van der Waals surface area contributed by atoms with Crippen molar-refractivity contribution in [3.63, 3.8) is 0 Å². The number of ketones is 1. The van der Waals surface area contributed by atoms with Crippen LogP contribution in [0.25, 0.3) is 0 Å². The van der Waals surface area contributed by atoms with Crippen LogP contribution in [0.2, 0.25) is 0 Å². The lowest BCUT2D eigenvalue weighted by Gasteiger charge is -2.14. The molecule has 0 bridgehead atoms. The number of rotatable bonds is 8. The van der Waals surface area contributed by atoms with Gasteiger partial charge in [-0.1, -0.05) is 60.2 Å². The third kappa shape index (κ3) is 5.54. The molecule has 0 aliphatic carbocycles. The van der Waals surface area contributed by atoms with Crippen molar-refractivity contribution in [2.45, 2.75) is 6.92 Å². The second-order valence-corrected chi connectivity index (χ2v) is 8.11. The van der Waals surface area contributed by atoms with Gasteiger partial charge in [0.2, 0.25) is 0 Å². The molecule has 4 rings (SSSR count). The van der Waals surface area contributed by atoms with Gasteiger partial charge in [-0.25, -0.2) is 9.59 Å². The Morgan fingerprint density at radius 1 is 0.676 bits per heavy atom. The summed E-state index contributed by atoms with van der Waals surface area (Å²) in [5.41, 5.74) is 1.32. The number of para-hydroxylation sites is 2. The third-order valence-corrected chi connectivity index (χ3v) is 5.54. The molecule has 0 aromatic heterocycles. The first-order valence-electron chi connectivity index (χ1n) is 11.1. The SMILES string of the molecule is Cc1ccc(C(=O)c2ccccc2C(=O)Nc2ccccc2Oc2ccc(C(=O)O)c(C(=O)O)c2)cc1. The number of hydrogen-bond acceptors (Lipinski definition) is 5. The van der Waals surface area contributed by atoms with E-state index in [2.05, 4.69) is 5.32 Å². The first-order chi connectivity index (χ1) is 17.7. The fourth-order valence-corrected chi connectivity index (χ4v) is 3.67. The van der Waals surface area contributed by atoms with Crippen molar-refractivity contribution in [3.8, 4) is 11.5 Å². The average Bonchev–Trinajstić information content (AvgIpc) is 2.89. The van der Waals surface area contributed by atoms with Gasteiger partial charge in [0.15, 0.2) is 11.5 Å². The van der Waals surface area contributed by atoms with E-state index in [1.165, 1.54) is 6.07 Å². The molecule has 8 nitrogen and oxygen atoms in total. The summed E-state index contributed by atoms with van der Waals surface area (Å²) in [6.45, 7) is 1.91. The lowest BCUT2D eigenvalue weighted by molar-refractivity contribution is 0.0651. The van der Waals surface area contributed by atoms with Crippen LogP contribution in [0.15, 0.2) is 91.0 Å². The van der Waals surface area contributed by atoms with Crippen LogP contribution in [0.4, 0.5) is 5.69 Å². The Balaban J connectivity index is 1.61. The Bertz CT molecular complexity index is 1520. The molecule has 4 aromatic carbocycles. The number of carboxylic acids is 2. The number of aryl methyl sites for hydroxylation is 1. The van der Waals surface area contributed by atoms with E-state index < -0.39 is 23.4 Å². The Morgan fingerprint density at radius 2 is 1.30 bits per heavy atom. The number of carboxylic acid groups (broad SMARTS) is 2. The summed E-state index contributed by atoms with van der Waals surface area (Å²) in [6.07, 6.45) is 0. The second-order valence-electron chi connectivity index (χ2n) is 8.11. The van der Waals surface area contributed by atoms with E-state index in [9.17, 15) is 29.4 Å². The van der Waals surface area contributed by atoms with Gasteiger partial charge in [0.05, 0.1) is 22.4 Å². The number of benzene rings is 4. The van der Waals surface area contributed by atoms with Gasteiger partial charge in [0.25, 0.3) is 5.91 Å². The highest BCUT2D eigenvalue weighted by Crippen LogP contribution is 2.31. The van der Waals surface area contributed by atoms with E-state index in [-0.39, 0.29) is 39.7 Å². The lowest BCUT2D eigenvalue weighted by Crippen LogP contribution is -2.17. The van der Waals surface area contributed by atoms with Crippen LogP contribution < -0.4 is 10.1 Å². The van der Waals surface area contributed by atoms with Crippen LogP contribution in [0.5, 0.6) is 11.5 Å². The topological polar surface area (TPSA) is 130 Å². The van der Waals surface area contributed by atoms with E-state index in [0.717, 1.165) is 17.7 Å². The van der Waals surface area contributed by atoms with E-state index in [1.54, 1.807) is 60.7 Å². The number of amides is 1. The van der Waals surface area contributed by atoms with Crippen molar-refractivity contribution in [3.05, 3.63) is 124 Å². The quantitative estimate of drug-likeness (QED) is 0.269. The minimum atomic E-state index is -1.42. The van der Waals surface area contributed by atoms with Crippen LogP contribution in [0.3, 0.4) is 0 Å². The third-order valence-electron chi connectivity index (χ3n) is 5.54. The molecular formula is C29H21NO7. The molecule has 0 fully saturated rings. The summed E-state index contributed by atoms with van der Waals surface area (Å²) in [5, 5.41) is 21.3. The van der Waals surface area contributed by atoms with Crippen molar-refractivity contribution in [2.75, 3.05) is 5.32 Å². The van der Waals surface area contributed by atoms with E-state index in [4.69, 9.17) is 4.74 Å². The number of nitrogens with one attached hydrogen (secondary N) is 1. The minimum Gasteiger partial charge on any atom is -0.478 e. The second kappa shape index (κ2) is 10.6. The first kappa shape index (κ1) is 24.9. The maximum atomic E-state index is 13.2. The molecule has 0 radical (unpaired) electrons. The number of anilines is 1. The highest BCUT2D eigenvalue weighted by atomic mass is 16.5. The summed E-state index contributed by atoms with van der Waals surface area (Å²) in [4.78, 5) is 49.2. The normalized spacial score (nSPS) is 10.4. The fraction of sp³-hybridized carbons (Fsp3) is 0.0345. The molecule has 0 heterocycles. The number of aromatic carboxylic acids is 2. The predicted molar refractivity (Wildman–Crippen MR) is 136 cm³/mol. The maximum absolute atomic E-state index is 13.2. The van der Waals surface area contributed by atoms with Crippen molar-refractivity contribution in [2.24, 2.45) is 0 Å². The number of ether oxygens (including phenoxy) is 1. The van der Waals surface area contributed by atoms with Crippen LogP contribution in [-0.2, 0) is 0 Å². The van der Waals surface area contributed by atoms with Crippen molar-refractivity contribution in [1.29, 1.82) is 0 Å². The zero-order valence-corrected chi connectivity index (χ0v) is 19.6. The minimum absolute atomic E-state index is 0.0686. The van der Waals surface area contributed by atoms with Gasteiger partial charge in [-0.2, -0.15) is 0 Å². The van der Waals surface area contributed by atoms with Gasteiger partial charge in [-0.3, -0.25) is 9.59 Å². The zero-order chi connectivity index (χ0) is 26.5. The standard InChI is InChI=1S/C29H21NO7/c1-17-10-12-18(13-11-17)26(31)20-6-2-3-7-21(20)27(32)30-24-8-4-5-9-25(24)37-19-14-15-22(28(33)34)23(16-19)29(35)36/h2-16H,1H3,(H,30,32)(H,33,34)(H,35,36). The molecule has 184 valence electrons. The molecule has 0 aliphatic heterocycles. The van der Waals surface area contributed by atoms with Crippen LogP contribution >= 0.6 is 0 Å². The van der Waals surface area contributed by atoms with E-state index >= 15 is 0 Å². The van der Waals surface area contributed by atoms with Gasteiger partial charge < -0.3 is 20.3 Å². The number of hydrogen-bond donors (Lipinski definition) is 3. The molecule has 3 N–H and O–H groups in total. The smallest absolute Gasteiger partial charge is 0.336 e. The highest BCUT2D eigenvalue weighted by molar-refractivity contribution is 6.17. The van der Waals surface area contributed by atoms with Crippen LogP contribution in [0, 0.1) is 6.92 Å². The summed E-state index contributed by atoms with van der Waals surface area (Å²) in [7, 11) is 0. The van der Waals surface area contributed by atoms with Gasteiger partial charge >= 0.3 is 11.9 Å². The zero-order valence-electron chi connectivity index (χ0n) is 19.6. The van der Waals surface area contributed by atoms with Gasteiger partial charge in [0.1, 0.15) is 5.75 Å². The molecule has 0 unspecified atom stereocenters. The first-order valence-corrected chi connectivity index (χ1v) is 11.1. The fourth-order valence-electron chi connectivity index (χ4n) is 3.67. The van der Waals surface area contributed by atoms with E-state index in [0.29, 0.717) is 5.56 Å². The average molecular weight is 495 g/mol. The Morgan fingerprint density at radius 3 is 1.97 bits per heavy atom. The molecule has 37 heavy (non-hydrogen) atoms. The molecule has 8 heteroatoms. The number of carbonyl (C=O) groups excluding carboxylic acids is 2. The Labute approximate surface area is 211 Å². The molecule has 0 saturated carbocycles. The Kier molecular flexibility index (Phi) is 7.11. The lowest BCUT2D eigenvalue weighted by atomic mass is 9.97. The largest absolute Gasteiger partial charge is 0.478 e. The highest BCUT2D eigenvalue weighted by Gasteiger charge is 2.20. The summed E-state index contributed by atoms with van der Waals surface area (Å²) in [5.74, 6) is -3.37. The van der Waals surface area contributed by atoms with Crippen LogP contribution in [0.1, 0.15) is 52.6 Å². The molecule has 0 aliphatic rings. The van der Waals surface area contributed by atoms with Gasteiger partial charge in [0, 0.05) is 11.1 Å². The molecular weight excluding hydrogens is 474 g/mol. The molecule has 0 atom stereocenters. The molecule has 0 spiro atoms. The summed E-state index contributed by atoms with van der Waals surface area (Å²) in [6, 6.07) is 23.5. The van der Waals surface area contributed by atoms with Gasteiger partial charge in [-0.05, 0) is 43.3 Å². The number of carbonyl (C=O) groups is 4. The predicted octanol–water partition coefficient (Wildman–Crippen LogP) is 5.67. The summed E-state index contributed by atoms with van der Waals surface area (Å²) >= 11 is 0. The Hall–Kier alpha value is -5.24. The maximum Gasteiger partial charge on any atom is 0.336 e. The van der Waals surface area contributed by atoms with Crippen molar-refractivity contribution < 1.29 is 34.1 Å². The van der Waals surface area contributed by atoms with Crippen molar-refractivity contribution >= 4 is 29.3 Å². The van der Waals surface area contributed by atoms with Crippen molar-refractivity contribution in [1.82, 2.24) is 0 Å². The molecule has 4 aromatic rings. The molecule has 0 saturated heterocycles. The molecule has 1 amide bonds. The van der Waals surface area contributed by atoms with E-state index in [1.807, 2.05) is 19.1 Å². The van der Waals surface area contributed by atoms with Gasteiger partial charge in [-0.15, -0.1) is 0 Å². The van der Waals surface area contributed by atoms with Crippen LogP contribution in [-0.4, -0.2) is 33.8 Å².